The van der Waals surface area contributed by atoms with Crippen molar-refractivity contribution in [1.29, 1.82) is 0 Å². The number of urea groups is 1. The van der Waals surface area contributed by atoms with Crippen molar-refractivity contribution in [2.45, 2.75) is 58.1 Å². The quantitative estimate of drug-likeness (QED) is 0.150. The Morgan fingerprint density at radius 1 is 0.766 bits per heavy atom. The zero-order valence-electron chi connectivity index (χ0n) is 26.7. The summed E-state index contributed by atoms with van der Waals surface area (Å²) in [5.74, 6) is -0.483. The van der Waals surface area contributed by atoms with Gasteiger partial charge >= 0.3 is 12.0 Å². The molecule has 1 aliphatic heterocycles. The van der Waals surface area contributed by atoms with E-state index in [2.05, 4.69) is 64.1 Å². The zero-order chi connectivity index (χ0) is 32.8. The fourth-order valence-corrected chi connectivity index (χ4v) is 5.59. The van der Waals surface area contributed by atoms with Gasteiger partial charge in [-0.3, -0.25) is 9.69 Å². The first-order valence-electron chi connectivity index (χ1n) is 16.1. The van der Waals surface area contributed by atoms with Crippen LogP contribution in [0.3, 0.4) is 0 Å². The van der Waals surface area contributed by atoms with Crippen LogP contribution < -0.4 is 10.6 Å². The lowest BCUT2D eigenvalue weighted by Gasteiger charge is -2.38. The molecule has 3 N–H and O–H groups in total. The molecule has 0 aromatic heterocycles. The second-order valence-electron chi connectivity index (χ2n) is 11.6. The summed E-state index contributed by atoms with van der Waals surface area (Å²) in [5, 5.41) is 14.8. The Morgan fingerprint density at radius 2 is 1.36 bits per heavy atom. The highest BCUT2D eigenvalue weighted by Crippen LogP contribution is 2.38. The molecule has 0 spiro atoms. The first-order valence-corrected chi connectivity index (χ1v) is 16.1. The molecule has 9 nitrogen and oxygen atoms in total. The van der Waals surface area contributed by atoms with E-state index < -0.39 is 18.3 Å². The average molecular weight is 638 g/mol. The predicted molar refractivity (Wildman–Crippen MR) is 179 cm³/mol. The van der Waals surface area contributed by atoms with Gasteiger partial charge in [0.2, 0.25) is 0 Å². The van der Waals surface area contributed by atoms with Gasteiger partial charge in [0.1, 0.15) is 6.54 Å². The van der Waals surface area contributed by atoms with Gasteiger partial charge in [-0.2, -0.15) is 0 Å². The second kappa shape index (κ2) is 17.4. The third kappa shape index (κ3) is 10.5. The van der Waals surface area contributed by atoms with Crippen molar-refractivity contribution in [1.82, 2.24) is 15.5 Å². The second-order valence-corrected chi connectivity index (χ2v) is 11.6. The highest BCUT2D eigenvalue weighted by Gasteiger charge is 2.33. The first kappa shape index (κ1) is 33.8. The summed E-state index contributed by atoms with van der Waals surface area (Å²) >= 11 is 0. The van der Waals surface area contributed by atoms with Crippen molar-refractivity contribution >= 4 is 12.0 Å². The maximum atomic E-state index is 12.1. The van der Waals surface area contributed by atoms with Crippen molar-refractivity contribution in [3.63, 3.8) is 0 Å². The normalized spacial score (nSPS) is 17.6. The molecule has 0 radical (unpaired) electrons. The lowest BCUT2D eigenvalue weighted by atomic mass is 9.99. The van der Waals surface area contributed by atoms with Crippen molar-refractivity contribution < 1.29 is 28.9 Å². The summed E-state index contributed by atoms with van der Waals surface area (Å²) in [6.45, 7) is 4.34. The first-order chi connectivity index (χ1) is 23.0. The minimum absolute atomic E-state index is 0.0115. The number of hydrogen-bond donors (Lipinski definition) is 3. The number of nitrogens with zero attached hydrogens (tertiary/aromatic N) is 1. The van der Waals surface area contributed by atoms with Gasteiger partial charge in [0.25, 0.3) is 0 Å². The van der Waals surface area contributed by atoms with Crippen molar-refractivity contribution in [3.8, 4) is 0 Å². The van der Waals surface area contributed by atoms with E-state index in [1.165, 1.54) is 11.1 Å². The fraction of sp³-hybridized carbons (Fsp3) is 0.316. The molecular formula is C38H43N3O6. The molecule has 3 atom stereocenters. The molecule has 1 heterocycles. The topological polar surface area (TPSA) is 109 Å². The SMILES string of the molecule is CCOC(=O)CNC(=O)NCc1ccc(C2OC(CN(Cc3ccccc3)Cc3ccccc3)CC(c3ccc(CO)cc3)O2)cc1. The lowest BCUT2D eigenvalue weighted by Crippen LogP contribution is -2.39. The standard InChI is InChI=1S/C38H43N3O6/c1-2-45-36(43)23-40-38(44)39-22-28-13-19-33(20-14-28)37-46-34(21-35(47-37)32-17-15-31(27-42)16-18-32)26-41(24-29-9-5-3-6-10-29)25-30-11-7-4-8-12-30/h3-20,34-35,37,42H,2,21-27H2,1H3,(H2,39,40,44). The summed E-state index contributed by atoms with van der Waals surface area (Å²) in [5.41, 5.74) is 6.13. The molecule has 0 saturated carbocycles. The van der Waals surface area contributed by atoms with Crippen LogP contribution in [0.1, 0.15) is 59.1 Å². The number of ether oxygens (including phenoxy) is 3. The smallest absolute Gasteiger partial charge is 0.325 e. The molecule has 4 aromatic rings. The van der Waals surface area contributed by atoms with Gasteiger partial charge in [-0.25, -0.2) is 4.79 Å². The molecule has 2 amide bonds. The van der Waals surface area contributed by atoms with Crippen LogP contribution in [-0.4, -0.2) is 47.8 Å². The van der Waals surface area contributed by atoms with E-state index in [1.54, 1.807) is 6.92 Å². The number of carbonyl (C=O) groups is 2. The Bertz CT molecular complexity index is 1490. The van der Waals surface area contributed by atoms with Crippen molar-refractivity contribution in [2.75, 3.05) is 19.7 Å². The van der Waals surface area contributed by atoms with Gasteiger partial charge < -0.3 is 30.0 Å². The maximum Gasteiger partial charge on any atom is 0.325 e. The van der Waals surface area contributed by atoms with E-state index in [0.717, 1.165) is 35.3 Å². The van der Waals surface area contributed by atoms with Crippen LogP contribution in [0.2, 0.25) is 0 Å². The molecule has 0 aliphatic carbocycles. The Labute approximate surface area is 276 Å². The number of benzene rings is 4. The zero-order valence-corrected chi connectivity index (χ0v) is 26.7. The molecular weight excluding hydrogens is 594 g/mol. The maximum absolute atomic E-state index is 12.1. The van der Waals surface area contributed by atoms with Crippen LogP contribution in [0.25, 0.3) is 0 Å². The minimum atomic E-state index is -0.596. The molecule has 0 bridgehead atoms. The molecule has 1 saturated heterocycles. The van der Waals surface area contributed by atoms with Crippen LogP contribution in [-0.2, 0) is 45.2 Å². The Kier molecular flexibility index (Phi) is 12.5. The van der Waals surface area contributed by atoms with E-state index in [9.17, 15) is 14.7 Å². The largest absolute Gasteiger partial charge is 0.465 e. The number of aliphatic hydroxyl groups excluding tert-OH is 1. The average Bonchev–Trinajstić information content (AvgIpc) is 3.11. The summed E-state index contributed by atoms with van der Waals surface area (Å²) in [6.07, 6.45) is -0.237. The van der Waals surface area contributed by atoms with Crippen LogP contribution in [0.4, 0.5) is 4.79 Å². The number of hydrogen-bond acceptors (Lipinski definition) is 7. The van der Waals surface area contributed by atoms with Gasteiger partial charge in [0.05, 0.1) is 25.4 Å². The number of amides is 2. The van der Waals surface area contributed by atoms with Gasteiger partial charge in [-0.1, -0.05) is 109 Å². The van der Waals surface area contributed by atoms with E-state index in [-0.39, 0.29) is 38.5 Å². The van der Waals surface area contributed by atoms with Crippen LogP contribution >= 0.6 is 0 Å². The summed E-state index contributed by atoms with van der Waals surface area (Å²) in [7, 11) is 0. The Morgan fingerprint density at radius 3 is 1.96 bits per heavy atom. The fourth-order valence-electron chi connectivity index (χ4n) is 5.59. The number of rotatable bonds is 14. The number of esters is 1. The van der Waals surface area contributed by atoms with Crippen molar-refractivity contribution in [3.05, 3.63) is 143 Å². The number of nitrogens with one attached hydrogen (secondary N) is 2. The summed E-state index contributed by atoms with van der Waals surface area (Å²) < 4.78 is 18.1. The summed E-state index contributed by atoms with van der Waals surface area (Å²) in [4.78, 5) is 26.0. The van der Waals surface area contributed by atoms with E-state index in [4.69, 9.17) is 14.2 Å². The summed E-state index contributed by atoms with van der Waals surface area (Å²) in [6, 6.07) is 36.2. The molecule has 1 fully saturated rings. The Hall–Kier alpha value is -4.54. The molecule has 47 heavy (non-hydrogen) atoms. The highest BCUT2D eigenvalue weighted by molar-refractivity contribution is 5.80. The molecule has 9 heteroatoms. The van der Waals surface area contributed by atoms with E-state index >= 15 is 0 Å². The van der Waals surface area contributed by atoms with E-state index in [1.807, 2.05) is 60.7 Å². The van der Waals surface area contributed by atoms with Crippen LogP contribution in [0.15, 0.2) is 109 Å². The Balaban J connectivity index is 1.30. The van der Waals surface area contributed by atoms with Gasteiger partial charge in [0, 0.05) is 38.2 Å². The molecule has 246 valence electrons. The van der Waals surface area contributed by atoms with Crippen LogP contribution in [0.5, 0.6) is 0 Å². The van der Waals surface area contributed by atoms with Crippen molar-refractivity contribution in [2.24, 2.45) is 0 Å². The number of aliphatic hydroxyl groups is 1. The van der Waals surface area contributed by atoms with Gasteiger partial charge in [-0.05, 0) is 34.7 Å². The highest BCUT2D eigenvalue weighted by atomic mass is 16.7. The molecule has 5 rings (SSSR count). The molecule has 3 unspecified atom stereocenters. The number of carbonyl (C=O) groups excluding carboxylic acids is 2. The lowest BCUT2D eigenvalue weighted by molar-refractivity contribution is -0.253. The molecule has 1 aliphatic rings. The third-order valence-corrected chi connectivity index (χ3v) is 7.98. The van der Waals surface area contributed by atoms with Gasteiger partial charge in [0.15, 0.2) is 6.29 Å². The third-order valence-electron chi connectivity index (χ3n) is 7.98. The predicted octanol–water partition coefficient (Wildman–Crippen LogP) is 5.79. The monoisotopic (exact) mass is 637 g/mol. The van der Waals surface area contributed by atoms with E-state index in [0.29, 0.717) is 13.0 Å². The van der Waals surface area contributed by atoms with Crippen LogP contribution in [0, 0.1) is 0 Å². The minimum Gasteiger partial charge on any atom is -0.465 e. The molecule has 4 aromatic carbocycles. The van der Waals surface area contributed by atoms with Gasteiger partial charge in [-0.15, -0.1) is 0 Å².